The zero-order valence-electron chi connectivity index (χ0n) is 9.45. The number of anilines is 1. The van der Waals surface area contributed by atoms with Gasteiger partial charge >= 0.3 is 0 Å². The third-order valence-corrected chi connectivity index (χ3v) is 5.88. The molecule has 1 N–H and O–H groups in total. The lowest BCUT2D eigenvalue weighted by Gasteiger charge is -2.09. The highest BCUT2D eigenvalue weighted by atomic mass is 35.5. The number of sulfonamides is 1. The van der Waals surface area contributed by atoms with E-state index >= 15 is 0 Å². The van der Waals surface area contributed by atoms with Crippen LogP contribution in [0.15, 0.2) is 22.5 Å². The van der Waals surface area contributed by atoms with Gasteiger partial charge in [-0.05, 0) is 24.6 Å². The van der Waals surface area contributed by atoms with Crippen molar-refractivity contribution in [1.82, 2.24) is 4.98 Å². The summed E-state index contributed by atoms with van der Waals surface area (Å²) in [7, 11) is -3.77. The number of halogens is 3. The van der Waals surface area contributed by atoms with Crippen molar-refractivity contribution in [2.24, 2.45) is 0 Å². The molecule has 4 nitrogen and oxygen atoms in total. The van der Waals surface area contributed by atoms with Crippen LogP contribution >= 0.6 is 46.1 Å². The van der Waals surface area contributed by atoms with E-state index in [1.807, 2.05) is 0 Å². The second-order valence-electron chi connectivity index (χ2n) is 3.62. The minimum Gasteiger partial charge on any atom is -0.277 e. The summed E-state index contributed by atoms with van der Waals surface area (Å²) in [4.78, 5) is 3.68. The highest BCUT2D eigenvalue weighted by Crippen LogP contribution is 2.31. The summed E-state index contributed by atoms with van der Waals surface area (Å²) in [6, 6.07) is 3.04. The quantitative estimate of drug-likeness (QED) is 0.895. The first kappa shape index (κ1) is 14.9. The Bertz CT molecular complexity index is 728. The molecule has 0 aliphatic rings. The molecule has 2 rings (SSSR count). The molecule has 19 heavy (non-hydrogen) atoms. The Kier molecular flexibility index (Phi) is 4.27. The Morgan fingerprint density at radius 1 is 1.21 bits per heavy atom. The van der Waals surface area contributed by atoms with Gasteiger partial charge < -0.3 is 0 Å². The van der Waals surface area contributed by atoms with Gasteiger partial charge in [-0.2, -0.15) is 0 Å². The van der Waals surface area contributed by atoms with Crippen LogP contribution in [0.2, 0.25) is 14.5 Å². The Labute approximate surface area is 129 Å². The van der Waals surface area contributed by atoms with Crippen LogP contribution in [-0.4, -0.2) is 13.4 Å². The van der Waals surface area contributed by atoms with Crippen molar-refractivity contribution in [3.8, 4) is 0 Å². The molecule has 0 radical (unpaired) electrons. The molecular formula is C10H7Cl3N2O2S2. The zero-order valence-corrected chi connectivity index (χ0v) is 13.3. The number of nitrogens with zero attached hydrogens (tertiary/aromatic N) is 1. The van der Waals surface area contributed by atoms with Gasteiger partial charge in [-0.25, -0.2) is 13.4 Å². The molecule has 0 fully saturated rings. The van der Waals surface area contributed by atoms with E-state index in [0.29, 0.717) is 5.02 Å². The third-order valence-electron chi connectivity index (χ3n) is 2.21. The summed E-state index contributed by atoms with van der Waals surface area (Å²) in [5.74, 6) is 0. The predicted octanol–water partition coefficient (Wildman–Crippen LogP) is 4.21. The Morgan fingerprint density at radius 2 is 1.89 bits per heavy atom. The van der Waals surface area contributed by atoms with E-state index < -0.39 is 10.0 Å². The van der Waals surface area contributed by atoms with Gasteiger partial charge in [-0.15, -0.1) is 0 Å². The standard InChI is InChI=1S/C10H7Cl3N2O2S2/c1-5-2-7(12)8(3-6(5)11)15-19(16,17)9-4-14-10(13)18-9/h2-4,15H,1H3. The number of rotatable bonds is 3. The van der Waals surface area contributed by atoms with Crippen LogP contribution in [0, 0.1) is 6.92 Å². The molecule has 1 heterocycles. The van der Waals surface area contributed by atoms with E-state index in [1.54, 1.807) is 13.0 Å². The number of hydrogen-bond donors (Lipinski definition) is 1. The van der Waals surface area contributed by atoms with Gasteiger partial charge in [0.2, 0.25) is 0 Å². The van der Waals surface area contributed by atoms with Crippen LogP contribution in [0.5, 0.6) is 0 Å². The summed E-state index contributed by atoms with van der Waals surface area (Å²) in [6.45, 7) is 1.77. The van der Waals surface area contributed by atoms with Crippen LogP contribution < -0.4 is 4.72 Å². The SMILES string of the molecule is Cc1cc(Cl)c(NS(=O)(=O)c2cnc(Cl)s2)cc1Cl. The Balaban J connectivity index is 2.38. The molecule has 102 valence electrons. The molecule has 9 heteroatoms. The Morgan fingerprint density at radius 3 is 2.47 bits per heavy atom. The normalized spacial score (nSPS) is 11.6. The number of thiazole rings is 1. The van der Waals surface area contributed by atoms with Crippen LogP contribution in [0.25, 0.3) is 0 Å². The van der Waals surface area contributed by atoms with E-state index in [4.69, 9.17) is 34.8 Å². The summed E-state index contributed by atoms with van der Waals surface area (Å²) >= 11 is 18.4. The lowest BCUT2D eigenvalue weighted by atomic mass is 10.2. The van der Waals surface area contributed by atoms with E-state index in [-0.39, 0.29) is 19.4 Å². The van der Waals surface area contributed by atoms with Gasteiger partial charge in [0.05, 0.1) is 16.9 Å². The van der Waals surface area contributed by atoms with Crippen LogP contribution in [-0.2, 0) is 10.0 Å². The molecule has 0 saturated heterocycles. The minimum absolute atomic E-state index is 0.00487. The van der Waals surface area contributed by atoms with Crippen molar-refractivity contribution in [3.05, 3.63) is 38.4 Å². The average Bonchev–Trinajstić information content (AvgIpc) is 2.73. The molecule has 2 aromatic rings. The second kappa shape index (κ2) is 5.46. The predicted molar refractivity (Wildman–Crippen MR) is 79.1 cm³/mol. The molecule has 0 bridgehead atoms. The average molecular weight is 358 g/mol. The van der Waals surface area contributed by atoms with Crippen LogP contribution in [0.1, 0.15) is 5.56 Å². The first-order valence-corrected chi connectivity index (χ1v) is 8.33. The number of aromatic nitrogens is 1. The van der Waals surface area contributed by atoms with Gasteiger partial charge in [0, 0.05) is 5.02 Å². The fraction of sp³-hybridized carbons (Fsp3) is 0.100. The van der Waals surface area contributed by atoms with E-state index in [1.165, 1.54) is 12.3 Å². The summed E-state index contributed by atoms with van der Waals surface area (Å²) in [5, 5.41) is 0.686. The number of nitrogens with one attached hydrogen (secondary N) is 1. The van der Waals surface area contributed by atoms with Crippen molar-refractivity contribution in [3.63, 3.8) is 0 Å². The second-order valence-corrected chi connectivity index (χ2v) is 7.96. The molecule has 0 aliphatic heterocycles. The van der Waals surface area contributed by atoms with Crippen molar-refractivity contribution < 1.29 is 8.42 Å². The lowest BCUT2D eigenvalue weighted by molar-refractivity contribution is 0.603. The van der Waals surface area contributed by atoms with Crippen molar-refractivity contribution in [1.29, 1.82) is 0 Å². The van der Waals surface area contributed by atoms with Gasteiger partial charge in [-0.1, -0.05) is 46.1 Å². The molecule has 0 atom stereocenters. The van der Waals surface area contributed by atoms with Crippen molar-refractivity contribution >= 4 is 61.9 Å². The maximum Gasteiger partial charge on any atom is 0.273 e. The molecule has 0 unspecified atom stereocenters. The smallest absolute Gasteiger partial charge is 0.273 e. The number of benzene rings is 1. The first-order valence-electron chi connectivity index (χ1n) is 4.89. The van der Waals surface area contributed by atoms with Crippen molar-refractivity contribution in [2.75, 3.05) is 4.72 Å². The van der Waals surface area contributed by atoms with Gasteiger partial charge in [-0.3, -0.25) is 4.72 Å². The highest BCUT2D eigenvalue weighted by Gasteiger charge is 2.19. The van der Waals surface area contributed by atoms with Crippen LogP contribution in [0.4, 0.5) is 5.69 Å². The summed E-state index contributed by atoms with van der Waals surface area (Å²) in [6.07, 6.45) is 1.18. The largest absolute Gasteiger partial charge is 0.277 e. The number of aryl methyl sites for hydroxylation is 1. The fourth-order valence-electron chi connectivity index (χ4n) is 1.28. The lowest BCUT2D eigenvalue weighted by Crippen LogP contribution is -2.12. The topological polar surface area (TPSA) is 59.1 Å². The monoisotopic (exact) mass is 356 g/mol. The third kappa shape index (κ3) is 3.32. The molecule has 0 saturated carbocycles. The van der Waals surface area contributed by atoms with E-state index in [9.17, 15) is 8.42 Å². The maximum atomic E-state index is 12.1. The molecule has 1 aromatic heterocycles. The zero-order chi connectivity index (χ0) is 14.2. The van der Waals surface area contributed by atoms with E-state index in [2.05, 4.69) is 9.71 Å². The summed E-state index contributed by atoms with van der Waals surface area (Å²) in [5.41, 5.74) is 0.970. The summed E-state index contributed by atoms with van der Waals surface area (Å²) < 4.78 is 26.6. The Hall–Kier alpha value is -0.530. The number of hydrogen-bond acceptors (Lipinski definition) is 4. The van der Waals surface area contributed by atoms with Crippen molar-refractivity contribution in [2.45, 2.75) is 11.1 Å². The highest BCUT2D eigenvalue weighted by molar-refractivity contribution is 7.94. The molecule has 0 aliphatic carbocycles. The molecule has 0 amide bonds. The first-order chi connectivity index (χ1) is 8.79. The van der Waals surface area contributed by atoms with Gasteiger partial charge in [0.1, 0.15) is 0 Å². The van der Waals surface area contributed by atoms with Gasteiger partial charge in [0.25, 0.3) is 10.0 Å². The molecular weight excluding hydrogens is 351 g/mol. The minimum atomic E-state index is -3.77. The van der Waals surface area contributed by atoms with E-state index in [0.717, 1.165) is 16.9 Å². The fourth-order valence-corrected chi connectivity index (χ4v) is 4.13. The van der Waals surface area contributed by atoms with Gasteiger partial charge in [0.15, 0.2) is 8.68 Å². The van der Waals surface area contributed by atoms with Crippen LogP contribution in [0.3, 0.4) is 0 Å². The molecule has 1 aromatic carbocycles. The molecule has 0 spiro atoms. The maximum absolute atomic E-state index is 12.1.